The van der Waals surface area contributed by atoms with Crippen LogP contribution < -0.4 is 0 Å². The predicted octanol–water partition coefficient (Wildman–Crippen LogP) is 4.26. The minimum atomic E-state index is -0.114. The van der Waals surface area contributed by atoms with Gasteiger partial charge in [-0.05, 0) is 47.6 Å². The molecule has 0 amide bonds. The van der Waals surface area contributed by atoms with Gasteiger partial charge in [-0.1, -0.05) is 33.1 Å². The molecule has 0 saturated carbocycles. The van der Waals surface area contributed by atoms with E-state index in [0.717, 1.165) is 19.3 Å². The molecule has 16 heavy (non-hydrogen) atoms. The highest BCUT2D eigenvalue weighted by Gasteiger charge is 2.16. The average Bonchev–Trinajstić information content (AvgIpc) is 2.80. The normalized spacial score (nSPS) is 14.9. The maximum atomic E-state index is 10.1. The van der Waals surface area contributed by atoms with E-state index in [-0.39, 0.29) is 6.10 Å². The molecule has 0 saturated heterocycles. The highest BCUT2D eigenvalue weighted by molar-refractivity contribution is 7.07. The van der Waals surface area contributed by atoms with Crippen molar-refractivity contribution in [3.63, 3.8) is 0 Å². The second-order valence-corrected chi connectivity index (χ2v) is 5.33. The van der Waals surface area contributed by atoms with Gasteiger partial charge >= 0.3 is 0 Å². The Morgan fingerprint density at radius 2 is 2.12 bits per heavy atom. The Morgan fingerprint density at radius 1 is 1.31 bits per heavy atom. The van der Waals surface area contributed by atoms with Gasteiger partial charge in [-0.3, -0.25) is 0 Å². The average molecular weight is 240 g/mol. The lowest BCUT2D eigenvalue weighted by atomic mass is 9.90. The molecule has 1 heterocycles. The van der Waals surface area contributed by atoms with Gasteiger partial charge < -0.3 is 5.11 Å². The van der Waals surface area contributed by atoms with Crippen molar-refractivity contribution in [2.75, 3.05) is 0 Å². The van der Waals surface area contributed by atoms with E-state index in [0.29, 0.717) is 5.92 Å². The second kappa shape index (κ2) is 7.86. The van der Waals surface area contributed by atoms with Gasteiger partial charge in [0.25, 0.3) is 0 Å². The van der Waals surface area contributed by atoms with E-state index in [1.807, 2.05) is 0 Å². The number of unbranched alkanes of at least 4 members (excludes halogenated alkanes) is 1. The van der Waals surface area contributed by atoms with Crippen molar-refractivity contribution in [3.8, 4) is 0 Å². The Labute approximate surface area is 104 Å². The minimum absolute atomic E-state index is 0.114. The number of aryl methyl sites for hydroxylation is 1. The molecular weight excluding hydrogens is 216 g/mol. The number of hydrogen-bond donors (Lipinski definition) is 1. The van der Waals surface area contributed by atoms with Gasteiger partial charge in [0.2, 0.25) is 0 Å². The van der Waals surface area contributed by atoms with Crippen molar-refractivity contribution >= 4 is 11.3 Å². The first-order valence-electron chi connectivity index (χ1n) is 6.47. The van der Waals surface area contributed by atoms with Gasteiger partial charge in [0.1, 0.15) is 0 Å². The van der Waals surface area contributed by atoms with Crippen LogP contribution in [0.15, 0.2) is 16.8 Å². The SMILES string of the molecule is CCCCC(CC)C(O)CCc1ccsc1. The lowest BCUT2D eigenvalue weighted by Crippen LogP contribution is -2.20. The first kappa shape index (κ1) is 13.7. The van der Waals surface area contributed by atoms with E-state index in [1.54, 1.807) is 11.3 Å². The molecule has 2 unspecified atom stereocenters. The topological polar surface area (TPSA) is 20.2 Å². The van der Waals surface area contributed by atoms with Crippen molar-refractivity contribution in [2.45, 2.75) is 58.5 Å². The third kappa shape index (κ3) is 4.67. The number of aliphatic hydroxyl groups is 1. The Bertz CT molecular complexity index is 256. The van der Waals surface area contributed by atoms with Gasteiger partial charge in [-0.2, -0.15) is 11.3 Å². The molecule has 0 aliphatic carbocycles. The van der Waals surface area contributed by atoms with E-state index in [9.17, 15) is 5.11 Å². The Hall–Kier alpha value is -0.340. The molecule has 2 heteroatoms. The number of rotatable bonds is 8. The summed E-state index contributed by atoms with van der Waals surface area (Å²) in [5, 5.41) is 14.4. The van der Waals surface area contributed by atoms with Crippen LogP contribution in [0.5, 0.6) is 0 Å². The van der Waals surface area contributed by atoms with Crippen LogP contribution in [0.3, 0.4) is 0 Å². The molecule has 2 atom stereocenters. The van der Waals surface area contributed by atoms with Crippen LogP contribution in [-0.4, -0.2) is 11.2 Å². The molecule has 1 rings (SSSR count). The standard InChI is InChI=1S/C14H24OS/c1-3-5-6-13(4-2)14(15)8-7-12-9-10-16-11-12/h9-11,13-15H,3-8H2,1-2H3. The van der Waals surface area contributed by atoms with Gasteiger partial charge in [-0.15, -0.1) is 0 Å². The van der Waals surface area contributed by atoms with Crippen LogP contribution in [0.1, 0.15) is 51.5 Å². The zero-order chi connectivity index (χ0) is 11.8. The molecule has 1 aromatic heterocycles. The van der Waals surface area contributed by atoms with Crippen LogP contribution >= 0.6 is 11.3 Å². The Kier molecular flexibility index (Phi) is 6.74. The summed E-state index contributed by atoms with van der Waals surface area (Å²) in [6, 6.07) is 2.16. The molecule has 0 bridgehead atoms. The maximum absolute atomic E-state index is 10.1. The molecule has 0 aromatic carbocycles. The Balaban J connectivity index is 2.28. The summed E-state index contributed by atoms with van der Waals surface area (Å²) in [5.74, 6) is 0.499. The van der Waals surface area contributed by atoms with Crippen molar-refractivity contribution in [1.29, 1.82) is 0 Å². The number of thiophene rings is 1. The van der Waals surface area contributed by atoms with Crippen LogP contribution in [0.25, 0.3) is 0 Å². The monoisotopic (exact) mass is 240 g/mol. The molecule has 92 valence electrons. The molecule has 0 aliphatic rings. The summed E-state index contributed by atoms with van der Waals surface area (Å²) in [6.45, 7) is 4.40. The second-order valence-electron chi connectivity index (χ2n) is 4.55. The third-order valence-corrected chi connectivity index (χ3v) is 4.04. The number of aliphatic hydroxyl groups excluding tert-OH is 1. The van der Waals surface area contributed by atoms with Gasteiger partial charge in [0.15, 0.2) is 0 Å². The van der Waals surface area contributed by atoms with Crippen LogP contribution in [0.2, 0.25) is 0 Å². The summed E-state index contributed by atoms with van der Waals surface area (Å²) in [7, 11) is 0. The van der Waals surface area contributed by atoms with Crippen molar-refractivity contribution < 1.29 is 5.11 Å². The first-order valence-corrected chi connectivity index (χ1v) is 7.41. The van der Waals surface area contributed by atoms with E-state index in [4.69, 9.17) is 0 Å². The summed E-state index contributed by atoms with van der Waals surface area (Å²) in [5.41, 5.74) is 1.37. The van der Waals surface area contributed by atoms with Gasteiger partial charge in [0.05, 0.1) is 6.10 Å². The molecule has 1 aromatic rings. The highest BCUT2D eigenvalue weighted by Crippen LogP contribution is 2.21. The maximum Gasteiger partial charge on any atom is 0.0571 e. The summed E-state index contributed by atoms with van der Waals surface area (Å²) in [6.07, 6.45) is 6.58. The molecule has 1 N–H and O–H groups in total. The quantitative estimate of drug-likeness (QED) is 0.720. The third-order valence-electron chi connectivity index (χ3n) is 3.31. The van der Waals surface area contributed by atoms with Crippen molar-refractivity contribution in [3.05, 3.63) is 22.4 Å². The molecule has 0 radical (unpaired) electrons. The van der Waals surface area contributed by atoms with Gasteiger partial charge in [0, 0.05) is 0 Å². The van der Waals surface area contributed by atoms with Crippen LogP contribution in [0, 0.1) is 5.92 Å². The molecular formula is C14H24OS. The smallest absolute Gasteiger partial charge is 0.0571 e. The first-order chi connectivity index (χ1) is 7.77. The van der Waals surface area contributed by atoms with Gasteiger partial charge in [-0.25, -0.2) is 0 Å². The summed E-state index contributed by atoms with van der Waals surface area (Å²) < 4.78 is 0. The van der Waals surface area contributed by atoms with E-state index >= 15 is 0 Å². The molecule has 1 nitrogen and oxygen atoms in total. The molecule has 0 spiro atoms. The lowest BCUT2D eigenvalue weighted by Gasteiger charge is -2.21. The molecule has 0 fully saturated rings. The number of hydrogen-bond acceptors (Lipinski definition) is 2. The fourth-order valence-corrected chi connectivity index (χ4v) is 2.82. The van der Waals surface area contributed by atoms with Crippen LogP contribution in [0.4, 0.5) is 0 Å². The fourth-order valence-electron chi connectivity index (χ4n) is 2.12. The highest BCUT2D eigenvalue weighted by atomic mass is 32.1. The molecule has 0 aliphatic heterocycles. The zero-order valence-corrected chi connectivity index (χ0v) is 11.3. The lowest BCUT2D eigenvalue weighted by molar-refractivity contribution is 0.0906. The van der Waals surface area contributed by atoms with Crippen molar-refractivity contribution in [1.82, 2.24) is 0 Å². The van der Waals surface area contributed by atoms with Crippen LogP contribution in [-0.2, 0) is 6.42 Å². The Morgan fingerprint density at radius 3 is 2.69 bits per heavy atom. The van der Waals surface area contributed by atoms with E-state index in [2.05, 4.69) is 30.7 Å². The minimum Gasteiger partial charge on any atom is -0.393 e. The van der Waals surface area contributed by atoms with E-state index in [1.165, 1.54) is 24.8 Å². The van der Waals surface area contributed by atoms with Crippen molar-refractivity contribution in [2.24, 2.45) is 5.92 Å². The summed E-state index contributed by atoms with van der Waals surface area (Å²) >= 11 is 1.74. The van der Waals surface area contributed by atoms with E-state index < -0.39 is 0 Å². The summed E-state index contributed by atoms with van der Waals surface area (Å²) in [4.78, 5) is 0. The predicted molar refractivity (Wildman–Crippen MR) is 72.0 cm³/mol. The fraction of sp³-hybridized carbons (Fsp3) is 0.714. The largest absolute Gasteiger partial charge is 0.393 e. The zero-order valence-electron chi connectivity index (χ0n) is 10.5.